The average molecular weight is 247 g/mol. The Balaban J connectivity index is 3.08. The maximum atomic E-state index is 9.24. The molecule has 0 radical (unpaired) electrons. The molecule has 0 amide bonds. The third-order valence-corrected chi connectivity index (χ3v) is 2.52. The number of halogens is 1. The summed E-state index contributed by atoms with van der Waals surface area (Å²) in [5.74, 6) is 0.357. The van der Waals surface area contributed by atoms with E-state index in [-0.39, 0.29) is 17.9 Å². The summed E-state index contributed by atoms with van der Waals surface area (Å²) >= 11 is 5.73. The molecule has 1 rings (SSSR count). The zero-order valence-corrected chi connectivity index (χ0v) is 10.5. The van der Waals surface area contributed by atoms with E-state index in [1.165, 1.54) is 7.11 Å². The molecule has 7 heteroatoms. The van der Waals surface area contributed by atoms with Crippen molar-refractivity contribution >= 4 is 17.5 Å². The van der Waals surface area contributed by atoms with Gasteiger partial charge in [-0.05, 0) is 25.4 Å². The molecule has 90 valence electrons. The van der Waals surface area contributed by atoms with E-state index >= 15 is 0 Å². The Morgan fingerprint density at radius 1 is 1.38 bits per heavy atom. The monoisotopic (exact) mass is 246 g/mol. The van der Waals surface area contributed by atoms with Crippen LogP contribution in [-0.2, 0) is 0 Å². The number of methoxy groups -OCH3 is 1. The van der Waals surface area contributed by atoms with Crippen LogP contribution in [0.25, 0.3) is 0 Å². The van der Waals surface area contributed by atoms with Crippen molar-refractivity contribution < 1.29 is 9.84 Å². The SMILES string of the molecule is COc1nc(Cl)nc(N(C)C(C)(C)CO)n1. The van der Waals surface area contributed by atoms with Gasteiger partial charge in [-0.15, -0.1) is 0 Å². The van der Waals surface area contributed by atoms with Crippen LogP contribution in [0.4, 0.5) is 5.95 Å². The normalized spacial score (nSPS) is 11.4. The predicted octanol–water partition coefficient (Wildman–Crippen LogP) is 0.741. The van der Waals surface area contributed by atoms with Crippen molar-refractivity contribution in [2.45, 2.75) is 19.4 Å². The largest absolute Gasteiger partial charge is 0.467 e. The van der Waals surface area contributed by atoms with Gasteiger partial charge >= 0.3 is 6.01 Å². The van der Waals surface area contributed by atoms with Crippen molar-refractivity contribution in [1.82, 2.24) is 15.0 Å². The molecule has 0 aliphatic rings. The number of aromatic nitrogens is 3. The summed E-state index contributed by atoms with van der Waals surface area (Å²) in [5.41, 5.74) is -0.490. The van der Waals surface area contributed by atoms with Crippen LogP contribution < -0.4 is 9.64 Å². The number of nitrogens with zero attached hydrogens (tertiary/aromatic N) is 4. The lowest BCUT2D eigenvalue weighted by atomic mass is 10.1. The first-order chi connectivity index (χ1) is 7.40. The zero-order chi connectivity index (χ0) is 12.3. The quantitative estimate of drug-likeness (QED) is 0.845. The van der Waals surface area contributed by atoms with E-state index in [1.54, 1.807) is 11.9 Å². The van der Waals surface area contributed by atoms with Crippen LogP contribution in [0.15, 0.2) is 0 Å². The van der Waals surface area contributed by atoms with Gasteiger partial charge in [0.05, 0.1) is 19.3 Å². The fourth-order valence-electron chi connectivity index (χ4n) is 0.940. The van der Waals surface area contributed by atoms with Gasteiger partial charge in [0.2, 0.25) is 11.2 Å². The summed E-state index contributed by atoms with van der Waals surface area (Å²) < 4.78 is 4.90. The van der Waals surface area contributed by atoms with Crippen molar-refractivity contribution in [2.75, 3.05) is 25.7 Å². The highest BCUT2D eigenvalue weighted by Gasteiger charge is 2.25. The molecule has 0 aliphatic carbocycles. The standard InChI is InChI=1S/C9H15ClN4O2/c1-9(2,5-15)14(3)7-11-6(10)12-8(13-7)16-4/h15H,5H2,1-4H3. The molecule has 6 nitrogen and oxygen atoms in total. The molecular weight excluding hydrogens is 232 g/mol. The van der Waals surface area contributed by atoms with Gasteiger partial charge in [0, 0.05) is 7.05 Å². The molecule has 0 spiro atoms. The predicted molar refractivity (Wildman–Crippen MR) is 61.0 cm³/mol. The number of hydrogen-bond acceptors (Lipinski definition) is 6. The highest BCUT2D eigenvalue weighted by Crippen LogP contribution is 2.20. The third kappa shape index (κ3) is 2.70. The summed E-state index contributed by atoms with van der Waals surface area (Å²) in [7, 11) is 3.22. The molecule has 0 saturated carbocycles. The van der Waals surface area contributed by atoms with Crippen LogP contribution in [0.5, 0.6) is 6.01 Å². The third-order valence-electron chi connectivity index (χ3n) is 2.35. The van der Waals surface area contributed by atoms with Gasteiger partial charge in [-0.3, -0.25) is 0 Å². The lowest BCUT2D eigenvalue weighted by molar-refractivity contribution is 0.214. The molecule has 16 heavy (non-hydrogen) atoms. The first-order valence-electron chi connectivity index (χ1n) is 4.71. The Kier molecular flexibility index (Phi) is 3.88. The van der Waals surface area contributed by atoms with E-state index < -0.39 is 5.54 Å². The van der Waals surface area contributed by atoms with E-state index in [0.717, 1.165) is 0 Å². The van der Waals surface area contributed by atoms with Crippen LogP contribution >= 0.6 is 11.6 Å². The Labute approximate surface area is 99.3 Å². The molecule has 1 aromatic rings. The van der Waals surface area contributed by atoms with Crippen molar-refractivity contribution in [2.24, 2.45) is 0 Å². The van der Waals surface area contributed by atoms with Crippen molar-refractivity contribution in [3.8, 4) is 6.01 Å². The molecule has 0 aromatic carbocycles. The second kappa shape index (κ2) is 4.80. The summed E-state index contributed by atoms with van der Waals surface area (Å²) in [6.07, 6.45) is 0. The Hall–Kier alpha value is -1.14. The Bertz CT molecular complexity index is 373. The lowest BCUT2D eigenvalue weighted by Crippen LogP contribution is -2.45. The number of anilines is 1. The first-order valence-corrected chi connectivity index (χ1v) is 5.09. The minimum atomic E-state index is -0.490. The fourth-order valence-corrected chi connectivity index (χ4v) is 1.09. The highest BCUT2D eigenvalue weighted by molar-refractivity contribution is 6.28. The highest BCUT2D eigenvalue weighted by atomic mass is 35.5. The second-order valence-electron chi connectivity index (χ2n) is 3.92. The molecule has 0 bridgehead atoms. The maximum absolute atomic E-state index is 9.24. The van der Waals surface area contributed by atoms with Crippen LogP contribution in [0.1, 0.15) is 13.8 Å². The molecule has 1 heterocycles. The molecular formula is C9H15ClN4O2. The van der Waals surface area contributed by atoms with Gasteiger partial charge in [0.25, 0.3) is 0 Å². The minimum absolute atomic E-state index is 0.0326. The number of aliphatic hydroxyl groups excluding tert-OH is 1. The number of likely N-dealkylation sites (N-methyl/N-ethyl adjacent to an activating group) is 1. The van der Waals surface area contributed by atoms with Crippen molar-refractivity contribution in [3.05, 3.63) is 5.28 Å². The maximum Gasteiger partial charge on any atom is 0.322 e. The first kappa shape index (κ1) is 12.9. The van der Waals surface area contributed by atoms with E-state index in [0.29, 0.717) is 5.95 Å². The second-order valence-corrected chi connectivity index (χ2v) is 4.26. The number of ether oxygens (including phenoxy) is 1. The van der Waals surface area contributed by atoms with Crippen LogP contribution in [0, 0.1) is 0 Å². The van der Waals surface area contributed by atoms with Crippen molar-refractivity contribution in [3.63, 3.8) is 0 Å². The molecule has 0 fully saturated rings. The minimum Gasteiger partial charge on any atom is -0.467 e. The molecule has 0 atom stereocenters. The van der Waals surface area contributed by atoms with E-state index in [4.69, 9.17) is 16.3 Å². The van der Waals surface area contributed by atoms with Crippen LogP contribution in [0.2, 0.25) is 5.28 Å². The molecule has 0 unspecified atom stereocenters. The lowest BCUT2D eigenvalue weighted by Gasteiger charge is -2.33. The average Bonchev–Trinajstić information content (AvgIpc) is 2.27. The Morgan fingerprint density at radius 3 is 2.50 bits per heavy atom. The van der Waals surface area contributed by atoms with Gasteiger partial charge in [0.1, 0.15) is 0 Å². The van der Waals surface area contributed by atoms with Crippen LogP contribution in [0.3, 0.4) is 0 Å². The summed E-state index contributed by atoms with van der Waals surface area (Å²) in [4.78, 5) is 13.5. The zero-order valence-electron chi connectivity index (χ0n) is 9.73. The van der Waals surface area contributed by atoms with E-state index in [2.05, 4.69) is 15.0 Å². The van der Waals surface area contributed by atoms with Crippen molar-refractivity contribution in [1.29, 1.82) is 0 Å². The number of rotatable bonds is 4. The van der Waals surface area contributed by atoms with Gasteiger partial charge in [-0.2, -0.15) is 15.0 Å². The van der Waals surface area contributed by atoms with Gasteiger partial charge in [-0.25, -0.2) is 0 Å². The van der Waals surface area contributed by atoms with E-state index in [1.807, 2.05) is 13.8 Å². The van der Waals surface area contributed by atoms with Gasteiger partial charge in [-0.1, -0.05) is 0 Å². The molecule has 0 saturated heterocycles. The molecule has 1 aromatic heterocycles. The summed E-state index contributed by atoms with van der Waals surface area (Å²) in [6, 6.07) is 0.149. The Morgan fingerprint density at radius 2 is 2.00 bits per heavy atom. The van der Waals surface area contributed by atoms with Gasteiger partial charge < -0.3 is 14.7 Å². The fraction of sp³-hybridized carbons (Fsp3) is 0.667. The van der Waals surface area contributed by atoms with E-state index in [9.17, 15) is 5.11 Å². The van der Waals surface area contributed by atoms with Gasteiger partial charge in [0.15, 0.2) is 0 Å². The number of aliphatic hydroxyl groups is 1. The molecule has 1 N–H and O–H groups in total. The number of hydrogen-bond donors (Lipinski definition) is 1. The summed E-state index contributed by atoms with van der Waals surface area (Å²) in [6.45, 7) is 3.68. The molecule has 0 aliphatic heterocycles. The summed E-state index contributed by atoms with van der Waals surface area (Å²) in [5, 5.41) is 9.30. The topological polar surface area (TPSA) is 71.4 Å². The van der Waals surface area contributed by atoms with Crippen LogP contribution in [-0.4, -0.2) is 46.4 Å². The smallest absolute Gasteiger partial charge is 0.322 e.